The lowest BCUT2D eigenvalue weighted by atomic mass is 9.85. The summed E-state index contributed by atoms with van der Waals surface area (Å²) < 4.78 is 57.2. The zero-order valence-corrected chi connectivity index (χ0v) is 30.7. The van der Waals surface area contributed by atoms with Gasteiger partial charge in [-0.25, -0.2) is 22.0 Å². The predicted molar refractivity (Wildman–Crippen MR) is 188 cm³/mol. The van der Waals surface area contributed by atoms with Gasteiger partial charge in [-0.1, -0.05) is 42.5 Å². The first-order valence-corrected chi connectivity index (χ1v) is 20.8. The highest BCUT2D eigenvalue weighted by molar-refractivity contribution is 7.94. The molecule has 49 heavy (non-hydrogen) atoms. The van der Waals surface area contributed by atoms with E-state index >= 15 is 0 Å². The molecule has 1 aliphatic heterocycles. The van der Waals surface area contributed by atoms with Crippen molar-refractivity contribution in [2.24, 2.45) is 17.0 Å². The van der Waals surface area contributed by atoms with E-state index in [4.69, 9.17) is 9.88 Å². The molecular weight excluding hydrogens is 691 g/mol. The van der Waals surface area contributed by atoms with E-state index in [0.29, 0.717) is 75.9 Å². The van der Waals surface area contributed by atoms with E-state index in [1.54, 1.807) is 11.8 Å². The fraction of sp³-hybridized carbons (Fsp3) is 0.618. The number of benzene rings is 1. The first-order valence-electron chi connectivity index (χ1n) is 17.0. The fourth-order valence-electron chi connectivity index (χ4n) is 7.05. The number of fused-ring (bicyclic) bond motifs is 1. The van der Waals surface area contributed by atoms with Crippen LogP contribution in [0.3, 0.4) is 0 Å². The average molecular weight is 742 g/mol. The largest absolute Gasteiger partial charge is 0.393 e. The minimum absolute atomic E-state index is 0.000656. The third kappa shape index (κ3) is 10.2. The summed E-state index contributed by atoms with van der Waals surface area (Å²) in [6, 6.07) is 10.4. The van der Waals surface area contributed by atoms with E-state index in [9.17, 15) is 36.9 Å². The van der Waals surface area contributed by atoms with Crippen LogP contribution in [0.4, 0.5) is 0 Å². The van der Waals surface area contributed by atoms with Gasteiger partial charge in [0.15, 0.2) is 0 Å². The molecule has 1 aromatic heterocycles. The van der Waals surface area contributed by atoms with Crippen LogP contribution >= 0.6 is 11.3 Å². The lowest BCUT2D eigenvalue weighted by molar-refractivity contribution is -0.134. The smallest absolute Gasteiger partial charge is 0.253 e. The van der Waals surface area contributed by atoms with E-state index in [1.165, 1.54) is 17.5 Å². The minimum Gasteiger partial charge on any atom is -0.393 e. The second-order valence-corrected chi connectivity index (χ2v) is 18.0. The van der Waals surface area contributed by atoms with Gasteiger partial charge in [-0.3, -0.25) is 4.79 Å². The summed E-state index contributed by atoms with van der Waals surface area (Å²) in [4.78, 5) is 15.1. The van der Waals surface area contributed by atoms with Gasteiger partial charge in [-0.15, -0.1) is 11.3 Å². The highest BCUT2D eigenvalue weighted by atomic mass is 32.3. The number of amides is 1. The summed E-state index contributed by atoms with van der Waals surface area (Å²) in [5, 5.41) is 37.2. The van der Waals surface area contributed by atoms with Crippen LogP contribution in [0.1, 0.15) is 75.5 Å². The van der Waals surface area contributed by atoms with Crippen LogP contribution in [0.2, 0.25) is 0 Å². The van der Waals surface area contributed by atoms with Crippen molar-refractivity contribution in [3.8, 4) is 0 Å². The molecule has 1 amide bonds. The Morgan fingerprint density at radius 1 is 1.16 bits per heavy atom. The van der Waals surface area contributed by atoms with Crippen molar-refractivity contribution >= 4 is 37.3 Å². The Balaban J connectivity index is 1.33. The van der Waals surface area contributed by atoms with Crippen LogP contribution in [-0.2, 0) is 36.0 Å². The van der Waals surface area contributed by atoms with Gasteiger partial charge in [0.2, 0.25) is 15.9 Å². The van der Waals surface area contributed by atoms with Crippen LogP contribution in [0, 0.1) is 11.8 Å². The topological polar surface area (TPSA) is 188 Å². The quantitative estimate of drug-likeness (QED) is 0.132. The number of primary sulfonamides is 1. The molecule has 0 radical (unpaired) electrons. The standard InChI is InChI=1S/C34H51N3O9S3/c1-3-37(29-23-36(18-11-19-46-2)49(44,45)34-28(29)21-33(47-34)48(35,42)43)32(41)15-10-5-4-9-14-26-27(31(40)22-30(26)39)17-16-25(38)20-24-12-7-6-8-13-24/h4,6-9,12-13,21,25-27,29-31,38-40H,3,5,10-11,14-20,22-23H2,1-2H3,(H2,35,42,43)/b9-4-/t25-,26-,27-,29+,30+,31-/m1/s1. The van der Waals surface area contributed by atoms with E-state index < -0.39 is 44.4 Å². The molecule has 0 saturated heterocycles. The number of allylic oxidation sites excluding steroid dienone is 2. The molecule has 1 fully saturated rings. The molecule has 4 rings (SSSR count). The lowest BCUT2D eigenvalue weighted by Crippen LogP contribution is -2.47. The predicted octanol–water partition coefficient (Wildman–Crippen LogP) is 3.18. The maximum atomic E-state index is 13.5. The van der Waals surface area contributed by atoms with Crippen LogP contribution in [0.15, 0.2) is 57.0 Å². The number of rotatable bonds is 18. The van der Waals surface area contributed by atoms with E-state index in [2.05, 4.69) is 0 Å². The van der Waals surface area contributed by atoms with Crippen LogP contribution < -0.4 is 5.14 Å². The molecule has 6 atom stereocenters. The fourth-order valence-corrected chi connectivity index (χ4v) is 11.3. The molecule has 1 aromatic carbocycles. The number of aliphatic hydroxyl groups is 3. The Morgan fingerprint density at radius 3 is 2.55 bits per heavy atom. The Kier molecular flexibility index (Phi) is 14.4. The van der Waals surface area contributed by atoms with Crippen LogP contribution in [0.25, 0.3) is 0 Å². The molecule has 5 N–H and O–H groups in total. The summed E-state index contributed by atoms with van der Waals surface area (Å²) >= 11 is 0.611. The van der Waals surface area contributed by atoms with Crippen LogP contribution in [0.5, 0.6) is 0 Å². The van der Waals surface area contributed by atoms with E-state index in [0.717, 1.165) is 5.56 Å². The number of nitrogens with two attached hydrogens (primary N) is 1. The van der Waals surface area contributed by atoms with Gasteiger partial charge in [0.1, 0.15) is 8.42 Å². The van der Waals surface area contributed by atoms with Gasteiger partial charge < -0.3 is 25.0 Å². The molecule has 2 aromatic rings. The van der Waals surface area contributed by atoms with Gasteiger partial charge in [0, 0.05) is 45.3 Å². The number of hydrogen-bond donors (Lipinski definition) is 4. The SMILES string of the molecule is CCN(C(=O)CCC/C=C\C[C@@H]1[C@@H](CC[C@@H](O)Cc2ccccc2)[C@H](O)C[C@@H]1O)[C@H]1CN(CCCOC)S(=O)(=O)c2sc(S(N)(=O)=O)cc21. The molecule has 0 unspecified atom stereocenters. The van der Waals surface area contributed by atoms with Crippen molar-refractivity contribution in [1.29, 1.82) is 0 Å². The molecule has 12 nitrogen and oxygen atoms in total. The second kappa shape index (κ2) is 17.8. The number of likely N-dealkylation sites (N-methyl/N-ethyl adjacent to an activating group) is 1. The minimum atomic E-state index is -4.16. The summed E-state index contributed by atoms with van der Waals surface area (Å²) in [6.45, 7) is 2.61. The van der Waals surface area contributed by atoms with Gasteiger partial charge >= 0.3 is 0 Å². The normalized spacial score (nSPS) is 24.7. The van der Waals surface area contributed by atoms with Crippen molar-refractivity contribution in [3.05, 3.63) is 59.7 Å². The highest BCUT2D eigenvalue weighted by Gasteiger charge is 2.43. The van der Waals surface area contributed by atoms with Crippen molar-refractivity contribution < 1.29 is 41.7 Å². The van der Waals surface area contributed by atoms with E-state index in [-0.39, 0.29) is 51.2 Å². The number of unbranched alkanes of at least 4 members (excludes halogenated alkanes) is 1. The number of hydrogen-bond acceptors (Lipinski definition) is 10. The molecular formula is C34H51N3O9S3. The monoisotopic (exact) mass is 741 g/mol. The summed E-state index contributed by atoms with van der Waals surface area (Å²) in [5.41, 5.74) is 1.33. The van der Waals surface area contributed by atoms with Gasteiger partial charge in [-0.05, 0) is 81.8 Å². The summed E-state index contributed by atoms with van der Waals surface area (Å²) in [7, 11) is -6.62. The highest BCUT2D eigenvalue weighted by Crippen LogP contribution is 2.43. The first kappa shape index (κ1) is 39.6. The number of sulfonamides is 2. The van der Waals surface area contributed by atoms with Crippen molar-refractivity contribution in [2.45, 2.75) is 97.5 Å². The molecule has 2 heterocycles. The Morgan fingerprint density at radius 2 is 1.88 bits per heavy atom. The molecule has 0 spiro atoms. The maximum absolute atomic E-state index is 13.5. The van der Waals surface area contributed by atoms with Gasteiger partial charge in [0.25, 0.3) is 10.0 Å². The summed E-state index contributed by atoms with van der Waals surface area (Å²) in [6.07, 6.45) is 6.57. The average Bonchev–Trinajstić information content (AvgIpc) is 3.62. The molecule has 1 saturated carbocycles. The van der Waals surface area contributed by atoms with E-state index in [1.807, 2.05) is 42.5 Å². The zero-order chi connectivity index (χ0) is 35.8. The molecule has 274 valence electrons. The van der Waals surface area contributed by atoms with Crippen molar-refractivity contribution in [2.75, 3.05) is 33.4 Å². The number of carbonyl (C=O) groups excluding carboxylic acids is 1. The first-order chi connectivity index (χ1) is 23.3. The van der Waals surface area contributed by atoms with Gasteiger partial charge in [-0.2, -0.15) is 4.31 Å². The third-order valence-electron chi connectivity index (χ3n) is 9.59. The number of nitrogens with zero attached hydrogens (tertiary/aromatic N) is 2. The lowest BCUT2D eigenvalue weighted by Gasteiger charge is -2.38. The Bertz CT molecular complexity index is 1620. The van der Waals surface area contributed by atoms with Crippen LogP contribution in [-0.4, -0.2) is 98.9 Å². The molecule has 0 bridgehead atoms. The second-order valence-electron chi connectivity index (χ2n) is 13.0. The molecule has 1 aliphatic carbocycles. The Hall–Kier alpha value is -2.21. The van der Waals surface area contributed by atoms with Gasteiger partial charge in [0.05, 0.1) is 24.4 Å². The summed E-state index contributed by atoms with van der Waals surface area (Å²) in [5.74, 6) is -0.409. The third-order valence-corrected chi connectivity index (χ3v) is 14.6. The Labute approximate surface area is 294 Å². The number of aliphatic hydroxyl groups excluding tert-OH is 3. The number of methoxy groups -OCH3 is 1. The molecule has 2 aliphatic rings. The number of thiophene rings is 1. The zero-order valence-electron chi connectivity index (χ0n) is 28.3. The number of ether oxygens (including phenoxy) is 1. The maximum Gasteiger partial charge on any atom is 0.253 e. The number of carbonyl (C=O) groups is 1. The van der Waals surface area contributed by atoms with Crippen molar-refractivity contribution in [1.82, 2.24) is 9.21 Å². The molecule has 15 heteroatoms. The van der Waals surface area contributed by atoms with Crippen molar-refractivity contribution in [3.63, 3.8) is 0 Å².